The third-order valence-electron chi connectivity index (χ3n) is 1.36. The first-order valence-corrected chi connectivity index (χ1v) is 3.73. The van der Waals surface area contributed by atoms with Crippen LogP contribution in [0.2, 0.25) is 5.02 Å². The first-order chi connectivity index (χ1) is 5.59. The van der Waals surface area contributed by atoms with Crippen LogP contribution < -0.4 is 5.32 Å². The van der Waals surface area contributed by atoms with Gasteiger partial charge in [0.1, 0.15) is 0 Å². The van der Waals surface area contributed by atoms with Gasteiger partial charge in [0.2, 0.25) is 0 Å². The second-order valence-electron chi connectivity index (χ2n) is 2.41. The van der Waals surface area contributed by atoms with Crippen LogP contribution in [0.1, 0.15) is 5.56 Å². The van der Waals surface area contributed by atoms with E-state index in [-0.39, 0.29) is 0 Å². The van der Waals surface area contributed by atoms with Crippen molar-refractivity contribution >= 4 is 23.4 Å². The molecule has 0 saturated carbocycles. The third kappa shape index (κ3) is 2.13. The van der Waals surface area contributed by atoms with Gasteiger partial charge < -0.3 is 5.11 Å². The van der Waals surface area contributed by atoms with Crippen LogP contribution in [-0.2, 0) is 0 Å². The lowest BCUT2D eigenvalue weighted by Crippen LogP contribution is -2.07. The fourth-order valence-electron chi connectivity index (χ4n) is 0.850. The molecule has 0 heterocycles. The molecule has 0 radical (unpaired) electrons. The fraction of sp³-hybridized carbons (Fsp3) is 0.125. The van der Waals surface area contributed by atoms with Crippen LogP contribution in [-0.4, -0.2) is 11.2 Å². The van der Waals surface area contributed by atoms with Gasteiger partial charge in [-0.15, -0.1) is 0 Å². The number of aryl methyl sites for hydroxylation is 1. The molecule has 1 aromatic carbocycles. The van der Waals surface area contributed by atoms with E-state index in [1.54, 1.807) is 12.1 Å². The Labute approximate surface area is 75.0 Å². The lowest BCUT2D eigenvalue weighted by atomic mass is 10.2. The Kier molecular flexibility index (Phi) is 2.55. The van der Waals surface area contributed by atoms with E-state index < -0.39 is 6.09 Å². The number of carbonyl (C=O) groups is 1. The summed E-state index contributed by atoms with van der Waals surface area (Å²) in [6, 6.07) is 5.15. The SMILES string of the molecule is Cc1ccc(Cl)c(NC(=O)O)c1. The first-order valence-electron chi connectivity index (χ1n) is 3.35. The Morgan fingerprint density at radius 1 is 1.58 bits per heavy atom. The molecule has 0 spiro atoms. The molecule has 0 fully saturated rings. The summed E-state index contributed by atoms with van der Waals surface area (Å²) in [6.45, 7) is 1.86. The summed E-state index contributed by atoms with van der Waals surface area (Å²) in [7, 11) is 0. The molecule has 1 amide bonds. The van der Waals surface area contributed by atoms with Crippen molar-refractivity contribution in [2.24, 2.45) is 0 Å². The topological polar surface area (TPSA) is 49.3 Å². The molecule has 0 aliphatic heterocycles. The zero-order chi connectivity index (χ0) is 9.14. The predicted molar refractivity (Wildman–Crippen MR) is 47.8 cm³/mol. The zero-order valence-electron chi connectivity index (χ0n) is 6.47. The van der Waals surface area contributed by atoms with Crippen molar-refractivity contribution in [2.45, 2.75) is 6.92 Å². The van der Waals surface area contributed by atoms with Gasteiger partial charge in [-0.1, -0.05) is 17.7 Å². The van der Waals surface area contributed by atoms with E-state index in [0.29, 0.717) is 10.7 Å². The molecular formula is C8H8ClNO2. The number of carboxylic acid groups (broad SMARTS) is 1. The van der Waals surface area contributed by atoms with Gasteiger partial charge in [-0.3, -0.25) is 5.32 Å². The Bertz CT molecular complexity index is 312. The summed E-state index contributed by atoms with van der Waals surface area (Å²) in [5, 5.41) is 11.0. The minimum absolute atomic E-state index is 0.406. The van der Waals surface area contributed by atoms with Gasteiger partial charge in [-0.05, 0) is 24.6 Å². The number of anilines is 1. The first kappa shape index (κ1) is 8.87. The summed E-state index contributed by atoms with van der Waals surface area (Å²) in [4.78, 5) is 10.3. The molecule has 0 atom stereocenters. The van der Waals surface area contributed by atoms with Crippen molar-refractivity contribution in [3.05, 3.63) is 28.8 Å². The van der Waals surface area contributed by atoms with Gasteiger partial charge in [0.05, 0.1) is 10.7 Å². The molecule has 0 aliphatic rings. The maximum absolute atomic E-state index is 10.3. The van der Waals surface area contributed by atoms with E-state index in [0.717, 1.165) is 5.56 Å². The van der Waals surface area contributed by atoms with Gasteiger partial charge in [-0.25, -0.2) is 4.79 Å². The van der Waals surface area contributed by atoms with Gasteiger partial charge in [0, 0.05) is 0 Å². The molecule has 4 heteroatoms. The monoisotopic (exact) mass is 185 g/mol. The normalized spacial score (nSPS) is 9.50. The van der Waals surface area contributed by atoms with E-state index in [9.17, 15) is 4.79 Å². The lowest BCUT2D eigenvalue weighted by molar-refractivity contribution is 0.210. The van der Waals surface area contributed by atoms with Crippen molar-refractivity contribution in [3.8, 4) is 0 Å². The van der Waals surface area contributed by atoms with Gasteiger partial charge in [0.15, 0.2) is 0 Å². The average molecular weight is 186 g/mol. The summed E-state index contributed by atoms with van der Waals surface area (Å²) < 4.78 is 0. The van der Waals surface area contributed by atoms with E-state index in [1.165, 1.54) is 0 Å². The highest BCUT2D eigenvalue weighted by atomic mass is 35.5. The summed E-state index contributed by atoms with van der Waals surface area (Å²) in [6.07, 6.45) is -1.11. The third-order valence-corrected chi connectivity index (χ3v) is 1.69. The molecule has 0 saturated heterocycles. The number of halogens is 1. The molecule has 0 aromatic heterocycles. The number of rotatable bonds is 1. The average Bonchev–Trinajstić information content (AvgIpc) is 1.96. The smallest absolute Gasteiger partial charge is 0.409 e. The van der Waals surface area contributed by atoms with Crippen molar-refractivity contribution in [2.75, 3.05) is 5.32 Å². The van der Waals surface area contributed by atoms with Crippen molar-refractivity contribution in [3.63, 3.8) is 0 Å². The zero-order valence-corrected chi connectivity index (χ0v) is 7.22. The number of amides is 1. The Hall–Kier alpha value is -1.22. The minimum Gasteiger partial charge on any atom is -0.465 e. The van der Waals surface area contributed by atoms with Gasteiger partial charge >= 0.3 is 6.09 Å². The second kappa shape index (κ2) is 3.45. The van der Waals surface area contributed by atoms with Crippen LogP contribution in [0.15, 0.2) is 18.2 Å². The Morgan fingerprint density at radius 3 is 2.83 bits per heavy atom. The van der Waals surface area contributed by atoms with Crippen molar-refractivity contribution < 1.29 is 9.90 Å². The summed E-state index contributed by atoms with van der Waals surface area (Å²) in [5.74, 6) is 0. The maximum Gasteiger partial charge on any atom is 0.409 e. The number of nitrogens with one attached hydrogen (secondary N) is 1. The molecule has 1 rings (SSSR count). The van der Waals surface area contributed by atoms with E-state index in [2.05, 4.69) is 5.32 Å². The number of hydrogen-bond acceptors (Lipinski definition) is 1. The van der Waals surface area contributed by atoms with Crippen LogP contribution >= 0.6 is 11.6 Å². The molecule has 0 unspecified atom stereocenters. The molecule has 0 bridgehead atoms. The molecule has 12 heavy (non-hydrogen) atoms. The standard InChI is InChI=1S/C8H8ClNO2/c1-5-2-3-6(9)7(4-5)10-8(11)12/h2-4,10H,1H3,(H,11,12). The number of benzene rings is 1. The summed E-state index contributed by atoms with van der Waals surface area (Å²) in [5.41, 5.74) is 1.38. The molecule has 0 aliphatic carbocycles. The van der Waals surface area contributed by atoms with E-state index in [4.69, 9.17) is 16.7 Å². The van der Waals surface area contributed by atoms with Gasteiger partial charge in [0.25, 0.3) is 0 Å². The molecule has 1 aromatic rings. The molecule has 3 nitrogen and oxygen atoms in total. The second-order valence-corrected chi connectivity index (χ2v) is 2.82. The Morgan fingerprint density at radius 2 is 2.25 bits per heavy atom. The molecular weight excluding hydrogens is 178 g/mol. The van der Waals surface area contributed by atoms with Crippen LogP contribution in [0.25, 0.3) is 0 Å². The van der Waals surface area contributed by atoms with Crippen LogP contribution in [0.5, 0.6) is 0 Å². The lowest BCUT2D eigenvalue weighted by Gasteiger charge is -2.03. The van der Waals surface area contributed by atoms with Crippen LogP contribution in [0.4, 0.5) is 10.5 Å². The maximum atomic E-state index is 10.3. The van der Waals surface area contributed by atoms with E-state index in [1.807, 2.05) is 13.0 Å². The highest BCUT2D eigenvalue weighted by Crippen LogP contribution is 2.22. The van der Waals surface area contributed by atoms with Crippen LogP contribution in [0, 0.1) is 6.92 Å². The number of hydrogen-bond donors (Lipinski definition) is 2. The highest BCUT2D eigenvalue weighted by Gasteiger charge is 2.02. The van der Waals surface area contributed by atoms with E-state index >= 15 is 0 Å². The molecule has 2 N–H and O–H groups in total. The van der Waals surface area contributed by atoms with Crippen molar-refractivity contribution in [1.29, 1.82) is 0 Å². The predicted octanol–water partition coefficient (Wildman–Crippen LogP) is 2.74. The summed E-state index contributed by atoms with van der Waals surface area (Å²) >= 11 is 5.71. The highest BCUT2D eigenvalue weighted by molar-refractivity contribution is 6.33. The molecule has 64 valence electrons. The van der Waals surface area contributed by atoms with Crippen molar-refractivity contribution in [1.82, 2.24) is 0 Å². The fourth-order valence-corrected chi connectivity index (χ4v) is 1.01. The minimum atomic E-state index is -1.11. The quantitative estimate of drug-likeness (QED) is 0.707. The largest absolute Gasteiger partial charge is 0.465 e. The Balaban J connectivity index is 2.97. The van der Waals surface area contributed by atoms with Crippen LogP contribution in [0.3, 0.4) is 0 Å². The van der Waals surface area contributed by atoms with Gasteiger partial charge in [-0.2, -0.15) is 0 Å².